The van der Waals surface area contributed by atoms with Crippen LogP contribution in [0.5, 0.6) is 17.5 Å². The van der Waals surface area contributed by atoms with Gasteiger partial charge in [-0.2, -0.15) is 0 Å². The SMILES string of the molecule is Cc1cc(C)c(C)c(OCC(=O)Nc2ccc(Oc3nc(C)cc(C)n3)cc2)c1. The van der Waals surface area contributed by atoms with Gasteiger partial charge in [0.05, 0.1) is 0 Å². The van der Waals surface area contributed by atoms with Crippen LogP contribution in [-0.2, 0) is 4.79 Å². The molecule has 150 valence electrons. The lowest BCUT2D eigenvalue weighted by atomic mass is 10.1. The van der Waals surface area contributed by atoms with Crippen LogP contribution < -0.4 is 14.8 Å². The van der Waals surface area contributed by atoms with Crippen LogP contribution >= 0.6 is 0 Å². The number of amides is 1. The Morgan fingerprint density at radius 2 is 1.59 bits per heavy atom. The molecule has 6 nitrogen and oxygen atoms in total. The average molecular weight is 391 g/mol. The van der Waals surface area contributed by atoms with E-state index in [-0.39, 0.29) is 12.5 Å². The number of aryl methyl sites for hydroxylation is 4. The fourth-order valence-corrected chi connectivity index (χ4v) is 2.94. The summed E-state index contributed by atoms with van der Waals surface area (Å²) in [4.78, 5) is 20.7. The molecule has 1 amide bonds. The first-order valence-electron chi connectivity index (χ1n) is 9.41. The van der Waals surface area contributed by atoms with Crippen molar-refractivity contribution in [1.82, 2.24) is 9.97 Å². The molecular weight excluding hydrogens is 366 g/mol. The number of hydrogen-bond donors (Lipinski definition) is 1. The molecule has 2 aromatic carbocycles. The van der Waals surface area contributed by atoms with Gasteiger partial charge in [-0.1, -0.05) is 6.07 Å². The number of anilines is 1. The maximum Gasteiger partial charge on any atom is 0.322 e. The predicted octanol–water partition coefficient (Wildman–Crippen LogP) is 4.83. The molecule has 1 aromatic heterocycles. The second-order valence-electron chi connectivity index (χ2n) is 7.10. The van der Waals surface area contributed by atoms with Gasteiger partial charge in [0.15, 0.2) is 6.61 Å². The van der Waals surface area contributed by atoms with Crippen molar-refractivity contribution >= 4 is 11.6 Å². The first-order valence-corrected chi connectivity index (χ1v) is 9.41. The van der Waals surface area contributed by atoms with Crippen LogP contribution in [0, 0.1) is 34.6 Å². The van der Waals surface area contributed by atoms with Gasteiger partial charge >= 0.3 is 6.01 Å². The van der Waals surface area contributed by atoms with Gasteiger partial charge < -0.3 is 14.8 Å². The first kappa shape index (κ1) is 20.3. The minimum absolute atomic E-state index is 0.0571. The van der Waals surface area contributed by atoms with Crippen LogP contribution in [0.3, 0.4) is 0 Å². The summed E-state index contributed by atoms with van der Waals surface area (Å²) >= 11 is 0. The molecule has 0 atom stereocenters. The quantitative estimate of drug-likeness (QED) is 0.652. The Balaban J connectivity index is 1.57. The maximum absolute atomic E-state index is 12.2. The van der Waals surface area contributed by atoms with Gasteiger partial charge in [-0.05, 0) is 87.7 Å². The summed E-state index contributed by atoms with van der Waals surface area (Å²) in [6, 6.07) is 13.3. The van der Waals surface area contributed by atoms with E-state index >= 15 is 0 Å². The van der Waals surface area contributed by atoms with Crippen molar-refractivity contribution in [2.45, 2.75) is 34.6 Å². The van der Waals surface area contributed by atoms with Crippen LogP contribution in [0.1, 0.15) is 28.1 Å². The molecule has 0 fully saturated rings. The molecule has 0 saturated heterocycles. The monoisotopic (exact) mass is 391 g/mol. The standard InChI is InChI=1S/C23H25N3O3/c1-14-10-15(2)18(5)21(11-14)28-13-22(27)26-19-6-8-20(9-7-19)29-23-24-16(3)12-17(4)25-23/h6-12H,13H2,1-5H3,(H,26,27). The van der Waals surface area contributed by atoms with E-state index < -0.39 is 0 Å². The molecular formula is C23H25N3O3. The Kier molecular flexibility index (Phi) is 6.12. The molecule has 1 heterocycles. The van der Waals surface area contributed by atoms with Gasteiger partial charge in [-0.3, -0.25) is 4.79 Å². The molecule has 0 aliphatic carbocycles. The van der Waals surface area contributed by atoms with Gasteiger partial charge in [-0.15, -0.1) is 0 Å². The fraction of sp³-hybridized carbons (Fsp3) is 0.261. The number of benzene rings is 2. The molecule has 0 aliphatic heterocycles. The van der Waals surface area contributed by atoms with Gasteiger partial charge in [0.25, 0.3) is 5.91 Å². The highest BCUT2D eigenvalue weighted by Gasteiger charge is 2.09. The molecule has 3 rings (SSSR count). The zero-order chi connectivity index (χ0) is 21.0. The number of aromatic nitrogens is 2. The Morgan fingerprint density at radius 1 is 0.931 bits per heavy atom. The van der Waals surface area contributed by atoms with E-state index in [2.05, 4.69) is 21.4 Å². The Hall–Kier alpha value is -3.41. The zero-order valence-electron chi connectivity index (χ0n) is 17.4. The summed E-state index contributed by atoms with van der Waals surface area (Å²) < 4.78 is 11.4. The van der Waals surface area contributed by atoms with Gasteiger partial charge in [0.1, 0.15) is 11.5 Å². The molecule has 0 aliphatic rings. The van der Waals surface area contributed by atoms with Crippen LogP contribution in [0.2, 0.25) is 0 Å². The van der Waals surface area contributed by atoms with Gasteiger partial charge in [0, 0.05) is 17.1 Å². The number of rotatable bonds is 6. The molecule has 1 N–H and O–H groups in total. The third-order valence-electron chi connectivity index (χ3n) is 4.43. The van der Waals surface area contributed by atoms with Crippen molar-refractivity contribution < 1.29 is 14.3 Å². The van der Waals surface area contributed by atoms with E-state index in [1.165, 1.54) is 0 Å². The van der Waals surface area contributed by atoms with Gasteiger partial charge in [-0.25, -0.2) is 9.97 Å². The smallest absolute Gasteiger partial charge is 0.322 e. The second-order valence-corrected chi connectivity index (χ2v) is 7.10. The van der Waals surface area contributed by atoms with Crippen LogP contribution in [0.25, 0.3) is 0 Å². The lowest BCUT2D eigenvalue weighted by molar-refractivity contribution is -0.118. The average Bonchev–Trinajstić information content (AvgIpc) is 2.64. The van der Waals surface area contributed by atoms with Crippen molar-refractivity contribution in [2.75, 3.05) is 11.9 Å². The van der Waals surface area contributed by atoms with E-state index in [0.717, 1.165) is 33.8 Å². The summed E-state index contributed by atoms with van der Waals surface area (Å²) in [5.74, 6) is 1.10. The lowest BCUT2D eigenvalue weighted by Crippen LogP contribution is -2.20. The highest BCUT2D eigenvalue weighted by atomic mass is 16.5. The van der Waals surface area contributed by atoms with E-state index in [1.807, 2.05) is 46.8 Å². The normalized spacial score (nSPS) is 10.5. The van der Waals surface area contributed by atoms with E-state index in [9.17, 15) is 4.79 Å². The summed E-state index contributed by atoms with van der Waals surface area (Å²) in [5, 5.41) is 2.82. The molecule has 3 aromatic rings. The minimum Gasteiger partial charge on any atom is -0.483 e. The summed E-state index contributed by atoms with van der Waals surface area (Å²) in [7, 11) is 0. The Morgan fingerprint density at radius 3 is 2.24 bits per heavy atom. The van der Waals surface area contributed by atoms with Crippen LogP contribution in [0.15, 0.2) is 42.5 Å². The van der Waals surface area contributed by atoms with E-state index in [0.29, 0.717) is 17.4 Å². The van der Waals surface area contributed by atoms with Crippen molar-refractivity contribution in [2.24, 2.45) is 0 Å². The largest absolute Gasteiger partial charge is 0.483 e. The third-order valence-corrected chi connectivity index (χ3v) is 4.43. The van der Waals surface area contributed by atoms with Crippen molar-refractivity contribution in [3.63, 3.8) is 0 Å². The topological polar surface area (TPSA) is 73.3 Å². The second kappa shape index (κ2) is 8.73. The van der Waals surface area contributed by atoms with Crippen molar-refractivity contribution in [3.05, 3.63) is 70.5 Å². The van der Waals surface area contributed by atoms with Crippen LogP contribution in [-0.4, -0.2) is 22.5 Å². The highest BCUT2D eigenvalue weighted by molar-refractivity contribution is 5.91. The lowest BCUT2D eigenvalue weighted by Gasteiger charge is -2.12. The molecule has 0 spiro atoms. The summed E-state index contributed by atoms with van der Waals surface area (Å²) in [5.41, 5.74) is 5.63. The van der Waals surface area contributed by atoms with Crippen LogP contribution in [0.4, 0.5) is 5.69 Å². The molecule has 0 saturated carbocycles. The van der Waals surface area contributed by atoms with Crippen molar-refractivity contribution in [3.8, 4) is 17.5 Å². The highest BCUT2D eigenvalue weighted by Crippen LogP contribution is 2.24. The first-order chi connectivity index (χ1) is 13.8. The molecule has 29 heavy (non-hydrogen) atoms. The molecule has 0 radical (unpaired) electrons. The molecule has 0 bridgehead atoms. The zero-order valence-corrected chi connectivity index (χ0v) is 17.4. The number of nitrogens with one attached hydrogen (secondary N) is 1. The van der Waals surface area contributed by atoms with E-state index in [1.54, 1.807) is 24.3 Å². The third kappa shape index (κ3) is 5.54. The Bertz CT molecular complexity index is 1010. The maximum atomic E-state index is 12.2. The van der Waals surface area contributed by atoms with E-state index in [4.69, 9.17) is 9.47 Å². The number of carbonyl (C=O) groups is 1. The fourth-order valence-electron chi connectivity index (χ4n) is 2.94. The van der Waals surface area contributed by atoms with Crippen molar-refractivity contribution in [1.29, 1.82) is 0 Å². The minimum atomic E-state index is -0.227. The molecule has 0 unspecified atom stereocenters. The predicted molar refractivity (Wildman–Crippen MR) is 113 cm³/mol. The number of hydrogen-bond acceptors (Lipinski definition) is 5. The summed E-state index contributed by atoms with van der Waals surface area (Å²) in [6.45, 7) is 9.75. The molecule has 6 heteroatoms. The van der Waals surface area contributed by atoms with Gasteiger partial charge in [0.2, 0.25) is 0 Å². The number of carbonyl (C=O) groups excluding carboxylic acids is 1. The number of ether oxygens (including phenoxy) is 2. The summed E-state index contributed by atoms with van der Waals surface area (Å²) in [6.07, 6.45) is 0. The Labute approximate surface area is 170 Å². The number of nitrogens with zero attached hydrogens (tertiary/aromatic N) is 2.